The SMILES string of the molecule is Cc1ccc(N2CC(C(=O)Nc3nncs3)CC2=O)c(F)c1. The standard InChI is InChI=1S/C14H13FN4O2S/c1-8-2-3-11(10(15)4-8)19-6-9(5-12(19)20)13(21)17-14-18-16-7-22-14/h2-4,7,9H,5-6H2,1H3,(H,17,18,21). The van der Waals surface area contributed by atoms with Crippen LogP contribution in [0.25, 0.3) is 0 Å². The number of carbonyl (C=O) groups is 2. The minimum absolute atomic E-state index is 0.0535. The van der Waals surface area contributed by atoms with Gasteiger partial charge in [0.15, 0.2) is 0 Å². The van der Waals surface area contributed by atoms with Gasteiger partial charge in [-0.25, -0.2) is 4.39 Å². The Labute approximate surface area is 130 Å². The fourth-order valence-electron chi connectivity index (χ4n) is 2.38. The van der Waals surface area contributed by atoms with Crippen molar-refractivity contribution >= 4 is 34.0 Å². The van der Waals surface area contributed by atoms with Crippen LogP contribution in [0, 0.1) is 18.7 Å². The summed E-state index contributed by atoms with van der Waals surface area (Å²) >= 11 is 1.20. The zero-order chi connectivity index (χ0) is 15.7. The van der Waals surface area contributed by atoms with E-state index in [1.807, 2.05) is 0 Å². The summed E-state index contributed by atoms with van der Waals surface area (Å²) in [5.74, 6) is -1.56. The number of aromatic nitrogens is 2. The first-order chi connectivity index (χ1) is 10.5. The number of benzene rings is 1. The van der Waals surface area contributed by atoms with E-state index in [9.17, 15) is 14.0 Å². The van der Waals surface area contributed by atoms with Gasteiger partial charge in [-0.1, -0.05) is 17.4 Å². The molecule has 2 aromatic rings. The van der Waals surface area contributed by atoms with Gasteiger partial charge in [0.05, 0.1) is 11.6 Å². The van der Waals surface area contributed by atoms with Crippen LogP contribution in [-0.2, 0) is 9.59 Å². The zero-order valence-electron chi connectivity index (χ0n) is 11.7. The average molecular weight is 320 g/mol. The summed E-state index contributed by atoms with van der Waals surface area (Å²) in [6, 6.07) is 4.67. The molecular weight excluding hydrogens is 307 g/mol. The molecule has 1 saturated heterocycles. The average Bonchev–Trinajstić information content (AvgIpc) is 3.09. The number of anilines is 2. The third-order valence-corrected chi connectivity index (χ3v) is 4.09. The van der Waals surface area contributed by atoms with Crippen LogP contribution < -0.4 is 10.2 Å². The summed E-state index contributed by atoms with van der Waals surface area (Å²) < 4.78 is 14.0. The molecule has 1 aliphatic heterocycles. The quantitative estimate of drug-likeness (QED) is 0.938. The first-order valence-corrected chi connectivity index (χ1v) is 7.56. The van der Waals surface area contributed by atoms with Gasteiger partial charge in [-0.05, 0) is 24.6 Å². The van der Waals surface area contributed by atoms with Crippen molar-refractivity contribution in [2.45, 2.75) is 13.3 Å². The van der Waals surface area contributed by atoms with Gasteiger partial charge < -0.3 is 10.2 Å². The number of aryl methyl sites for hydroxylation is 1. The summed E-state index contributed by atoms with van der Waals surface area (Å²) in [5.41, 5.74) is 2.49. The van der Waals surface area contributed by atoms with Gasteiger partial charge in [-0.3, -0.25) is 9.59 Å². The van der Waals surface area contributed by atoms with E-state index >= 15 is 0 Å². The van der Waals surface area contributed by atoms with Gasteiger partial charge in [0.25, 0.3) is 0 Å². The highest BCUT2D eigenvalue weighted by molar-refractivity contribution is 7.13. The Hall–Kier alpha value is -2.35. The van der Waals surface area contributed by atoms with Crippen LogP contribution in [0.15, 0.2) is 23.7 Å². The fraction of sp³-hybridized carbons (Fsp3) is 0.286. The normalized spacial score (nSPS) is 17.8. The van der Waals surface area contributed by atoms with Crippen LogP contribution in [0.3, 0.4) is 0 Å². The van der Waals surface area contributed by atoms with E-state index in [0.29, 0.717) is 5.13 Å². The molecule has 22 heavy (non-hydrogen) atoms. The minimum atomic E-state index is -0.530. The largest absolute Gasteiger partial charge is 0.309 e. The van der Waals surface area contributed by atoms with Gasteiger partial charge in [0.2, 0.25) is 16.9 Å². The van der Waals surface area contributed by atoms with Crippen molar-refractivity contribution in [1.29, 1.82) is 0 Å². The molecule has 0 saturated carbocycles. The van der Waals surface area contributed by atoms with Crippen LogP contribution >= 0.6 is 11.3 Å². The van der Waals surface area contributed by atoms with Crippen molar-refractivity contribution in [1.82, 2.24) is 10.2 Å². The van der Waals surface area contributed by atoms with Crippen LogP contribution in [-0.4, -0.2) is 28.6 Å². The van der Waals surface area contributed by atoms with E-state index in [0.717, 1.165) is 5.56 Å². The molecule has 1 aliphatic rings. The number of hydrogen-bond donors (Lipinski definition) is 1. The lowest BCUT2D eigenvalue weighted by atomic mass is 10.1. The van der Waals surface area contributed by atoms with Crippen molar-refractivity contribution in [2.24, 2.45) is 5.92 Å². The van der Waals surface area contributed by atoms with Gasteiger partial charge in [0.1, 0.15) is 11.3 Å². The Morgan fingerprint density at radius 2 is 2.32 bits per heavy atom. The fourth-order valence-corrected chi connectivity index (χ4v) is 2.83. The van der Waals surface area contributed by atoms with Crippen molar-refractivity contribution in [3.05, 3.63) is 35.1 Å². The third-order valence-electron chi connectivity index (χ3n) is 3.48. The minimum Gasteiger partial charge on any atom is -0.309 e. The number of carbonyl (C=O) groups excluding carboxylic acids is 2. The van der Waals surface area contributed by atoms with Gasteiger partial charge in [-0.15, -0.1) is 10.2 Å². The summed E-state index contributed by atoms with van der Waals surface area (Å²) in [6.45, 7) is 1.93. The molecule has 1 aromatic heterocycles. The van der Waals surface area contributed by atoms with Crippen molar-refractivity contribution in [2.75, 3.05) is 16.8 Å². The van der Waals surface area contributed by atoms with Gasteiger partial charge in [-0.2, -0.15) is 0 Å². The highest BCUT2D eigenvalue weighted by Crippen LogP contribution is 2.28. The highest BCUT2D eigenvalue weighted by Gasteiger charge is 2.36. The molecule has 1 aromatic carbocycles. The number of hydrogen-bond acceptors (Lipinski definition) is 5. The molecular formula is C14H13FN4O2S. The molecule has 2 amide bonds. The lowest BCUT2D eigenvalue weighted by Crippen LogP contribution is -2.28. The first-order valence-electron chi connectivity index (χ1n) is 6.68. The highest BCUT2D eigenvalue weighted by atomic mass is 32.1. The molecule has 0 aliphatic carbocycles. The Kier molecular flexibility index (Phi) is 3.84. The van der Waals surface area contributed by atoms with Gasteiger partial charge in [0, 0.05) is 13.0 Å². The Morgan fingerprint density at radius 1 is 1.50 bits per heavy atom. The molecule has 1 unspecified atom stereocenters. The molecule has 6 nitrogen and oxygen atoms in total. The van der Waals surface area contributed by atoms with E-state index in [1.165, 1.54) is 27.8 Å². The molecule has 2 heterocycles. The van der Waals surface area contributed by atoms with Gasteiger partial charge >= 0.3 is 0 Å². The maximum absolute atomic E-state index is 14.0. The maximum atomic E-state index is 14.0. The second-order valence-electron chi connectivity index (χ2n) is 5.09. The summed E-state index contributed by atoms with van der Waals surface area (Å²) in [6.07, 6.45) is 0.0535. The van der Waals surface area contributed by atoms with Crippen LogP contribution in [0.1, 0.15) is 12.0 Å². The molecule has 0 spiro atoms. The third kappa shape index (κ3) is 2.82. The summed E-state index contributed by atoms with van der Waals surface area (Å²) in [5, 5.41) is 10.4. The molecule has 1 atom stereocenters. The zero-order valence-corrected chi connectivity index (χ0v) is 12.6. The predicted molar refractivity (Wildman–Crippen MR) is 80.1 cm³/mol. The molecule has 1 N–H and O–H groups in total. The number of rotatable bonds is 3. The van der Waals surface area contributed by atoms with E-state index < -0.39 is 11.7 Å². The van der Waals surface area contributed by atoms with Crippen molar-refractivity contribution in [3.8, 4) is 0 Å². The molecule has 8 heteroatoms. The number of amides is 2. The first kappa shape index (κ1) is 14.6. The molecule has 0 radical (unpaired) electrons. The smallest absolute Gasteiger partial charge is 0.231 e. The topological polar surface area (TPSA) is 75.2 Å². The predicted octanol–water partition coefficient (Wildman–Crippen LogP) is 1.98. The van der Waals surface area contributed by atoms with Crippen molar-refractivity contribution in [3.63, 3.8) is 0 Å². The van der Waals surface area contributed by atoms with E-state index in [4.69, 9.17) is 0 Å². The second kappa shape index (κ2) is 5.80. The molecule has 114 valence electrons. The van der Waals surface area contributed by atoms with Crippen LogP contribution in [0.5, 0.6) is 0 Å². The van der Waals surface area contributed by atoms with E-state index in [-0.39, 0.29) is 30.5 Å². The Balaban J connectivity index is 1.74. The lowest BCUT2D eigenvalue weighted by Gasteiger charge is -2.17. The number of nitrogens with one attached hydrogen (secondary N) is 1. The lowest BCUT2D eigenvalue weighted by molar-refractivity contribution is -0.122. The summed E-state index contributed by atoms with van der Waals surface area (Å²) in [7, 11) is 0. The Morgan fingerprint density at radius 3 is 3.00 bits per heavy atom. The Bertz CT molecular complexity index is 720. The van der Waals surface area contributed by atoms with Crippen LogP contribution in [0.2, 0.25) is 0 Å². The monoisotopic (exact) mass is 320 g/mol. The maximum Gasteiger partial charge on any atom is 0.231 e. The number of nitrogens with zero attached hydrogens (tertiary/aromatic N) is 3. The molecule has 0 bridgehead atoms. The summed E-state index contributed by atoms with van der Waals surface area (Å²) in [4.78, 5) is 25.5. The van der Waals surface area contributed by atoms with E-state index in [1.54, 1.807) is 19.1 Å². The second-order valence-corrected chi connectivity index (χ2v) is 5.93. The van der Waals surface area contributed by atoms with E-state index in [2.05, 4.69) is 15.5 Å². The molecule has 3 rings (SSSR count). The molecule has 1 fully saturated rings. The van der Waals surface area contributed by atoms with Crippen LogP contribution in [0.4, 0.5) is 15.2 Å². The van der Waals surface area contributed by atoms with Crippen molar-refractivity contribution < 1.29 is 14.0 Å². The number of halogens is 1.